The molecule has 0 amide bonds. The number of anilines is 1. The molecule has 0 saturated carbocycles. The standard InChI is InChI=1S/C24H20N2O4/c1-30-24(26-18-7-3-2-4-8-18,20-10-6-5-9-19(20)23(28)29)17-13-11-16-12-14-22(27)25-21(16)15-17/h2-15,26H,1H3,(H,25,27)(H,28,29). The largest absolute Gasteiger partial charge is 0.478 e. The summed E-state index contributed by atoms with van der Waals surface area (Å²) in [5, 5.41) is 14.0. The van der Waals surface area contributed by atoms with E-state index in [2.05, 4.69) is 10.3 Å². The highest BCUT2D eigenvalue weighted by Crippen LogP contribution is 2.37. The molecule has 0 bridgehead atoms. The maximum absolute atomic E-state index is 12.0. The molecule has 3 aromatic carbocycles. The number of hydrogen-bond acceptors (Lipinski definition) is 4. The van der Waals surface area contributed by atoms with E-state index >= 15 is 0 Å². The lowest BCUT2D eigenvalue weighted by molar-refractivity contribution is 0.0445. The van der Waals surface area contributed by atoms with Crippen LogP contribution in [0.3, 0.4) is 0 Å². The van der Waals surface area contributed by atoms with Gasteiger partial charge < -0.3 is 20.1 Å². The minimum absolute atomic E-state index is 0.115. The van der Waals surface area contributed by atoms with Gasteiger partial charge in [-0.1, -0.05) is 48.5 Å². The first-order valence-electron chi connectivity index (χ1n) is 9.38. The highest BCUT2D eigenvalue weighted by molar-refractivity contribution is 5.90. The summed E-state index contributed by atoms with van der Waals surface area (Å²) in [7, 11) is 1.52. The van der Waals surface area contributed by atoms with Crippen LogP contribution in [0.2, 0.25) is 0 Å². The minimum Gasteiger partial charge on any atom is -0.478 e. The number of nitrogens with one attached hydrogen (secondary N) is 2. The number of fused-ring (bicyclic) bond motifs is 1. The number of rotatable bonds is 6. The number of hydrogen-bond donors (Lipinski definition) is 3. The van der Waals surface area contributed by atoms with Crippen molar-refractivity contribution in [2.24, 2.45) is 0 Å². The Morgan fingerprint density at radius 2 is 1.67 bits per heavy atom. The van der Waals surface area contributed by atoms with E-state index in [-0.39, 0.29) is 11.1 Å². The molecule has 150 valence electrons. The van der Waals surface area contributed by atoms with Crippen LogP contribution >= 0.6 is 0 Å². The van der Waals surface area contributed by atoms with Gasteiger partial charge in [0.1, 0.15) is 0 Å². The summed E-state index contributed by atoms with van der Waals surface area (Å²) in [6, 6.07) is 24.8. The molecule has 0 aliphatic carbocycles. The molecule has 4 aromatic rings. The first kappa shape index (κ1) is 19.4. The smallest absolute Gasteiger partial charge is 0.336 e. The van der Waals surface area contributed by atoms with Gasteiger partial charge in [-0.3, -0.25) is 4.79 Å². The van der Waals surface area contributed by atoms with Crippen molar-refractivity contribution in [3.63, 3.8) is 0 Å². The number of carboxylic acids is 1. The zero-order valence-electron chi connectivity index (χ0n) is 16.3. The fraction of sp³-hybridized carbons (Fsp3) is 0.0833. The van der Waals surface area contributed by atoms with Crippen LogP contribution in [0.15, 0.2) is 89.7 Å². The lowest BCUT2D eigenvalue weighted by Crippen LogP contribution is -2.40. The van der Waals surface area contributed by atoms with E-state index in [0.29, 0.717) is 16.6 Å². The van der Waals surface area contributed by atoms with Crippen molar-refractivity contribution in [3.8, 4) is 0 Å². The van der Waals surface area contributed by atoms with Crippen molar-refractivity contribution in [3.05, 3.63) is 112 Å². The van der Waals surface area contributed by atoms with Crippen LogP contribution in [0.1, 0.15) is 21.5 Å². The number of aromatic amines is 1. The van der Waals surface area contributed by atoms with E-state index in [1.54, 1.807) is 36.4 Å². The van der Waals surface area contributed by atoms with Crippen LogP contribution in [-0.4, -0.2) is 23.2 Å². The maximum atomic E-state index is 12.0. The van der Waals surface area contributed by atoms with Gasteiger partial charge in [-0.2, -0.15) is 0 Å². The van der Waals surface area contributed by atoms with Gasteiger partial charge in [0.05, 0.1) is 5.56 Å². The topological polar surface area (TPSA) is 91.4 Å². The van der Waals surface area contributed by atoms with Gasteiger partial charge in [0, 0.05) is 35.5 Å². The van der Waals surface area contributed by atoms with E-state index < -0.39 is 11.7 Å². The Bertz CT molecular complexity index is 1270. The molecule has 0 saturated heterocycles. The van der Waals surface area contributed by atoms with Gasteiger partial charge >= 0.3 is 5.97 Å². The van der Waals surface area contributed by atoms with Crippen molar-refractivity contribution in [2.45, 2.75) is 5.72 Å². The maximum Gasteiger partial charge on any atom is 0.336 e. The number of pyridine rings is 1. The first-order chi connectivity index (χ1) is 14.5. The Labute approximate surface area is 172 Å². The first-order valence-corrected chi connectivity index (χ1v) is 9.38. The summed E-state index contributed by atoms with van der Waals surface area (Å²) >= 11 is 0. The molecule has 1 atom stereocenters. The van der Waals surface area contributed by atoms with Gasteiger partial charge in [-0.25, -0.2) is 4.79 Å². The average Bonchev–Trinajstić information content (AvgIpc) is 2.77. The number of para-hydroxylation sites is 1. The van der Waals surface area contributed by atoms with Crippen molar-refractivity contribution in [2.75, 3.05) is 12.4 Å². The number of H-pyrrole nitrogens is 1. The van der Waals surface area contributed by atoms with E-state index in [4.69, 9.17) is 4.74 Å². The third-order valence-electron chi connectivity index (χ3n) is 5.07. The van der Waals surface area contributed by atoms with Crippen molar-refractivity contribution < 1.29 is 14.6 Å². The third-order valence-corrected chi connectivity index (χ3v) is 5.07. The summed E-state index contributed by atoms with van der Waals surface area (Å²) in [5.74, 6) is -1.06. The van der Waals surface area contributed by atoms with Crippen molar-refractivity contribution >= 4 is 22.6 Å². The zero-order chi connectivity index (χ0) is 21.1. The molecule has 30 heavy (non-hydrogen) atoms. The fourth-order valence-electron chi connectivity index (χ4n) is 3.64. The number of benzene rings is 3. The molecule has 0 radical (unpaired) electrons. The quantitative estimate of drug-likeness (QED) is 0.422. The Hall–Kier alpha value is -3.90. The lowest BCUT2D eigenvalue weighted by Gasteiger charge is -2.36. The SMILES string of the molecule is COC(Nc1ccccc1)(c1ccc2ccc(=O)[nH]c2c1)c1ccccc1C(=O)O. The van der Waals surface area contributed by atoms with E-state index in [1.165, 1.54) is 13.2 Å². The molecule has 3 N–H and O–H groups in total. The average molecular weight is 400 g/mol. The third kappa shape index (κ3) is 3.44. The summed E-state index contributed by atoms with van der Waals surface area (Å²) in [6.45, 7) is 0. The van der Waals surface area contributed by atoms with Gasteiger partial charge in [0.25, 0.3) is 0 Å². The van der Waals surface area contributed by atoms with Crippen molar-refractivity contribution in [1.29, 1.82) is 0 Å². The zero-order valence-corrected chi connectivity index (χ0v) is 16.3. The summed E-state index contributed by atoms with van der Waals surface area (Å²) < 4.78 is 6.02. The summed E-state index contributed by atoms with van der Waals surface area (Å²) in [4.78, 5) is 26.7. The normalized spacial score (nSPS) is 13.0. The van der Waals surface area contributed by atoms with Crippen molar-refractivity contribution in [1.82, 2.24) is 4.98 Å². The highest BCUT2D eigenvalue weighted by atomic mass is 16.5. The molecular weight excluding hydrogens is 380 g/mol. The van der Waals surface area contributed by atoms with Crippen LogP contribution < -0.4 is 10.9 Å². The second kappa shape index (κ2) is 7.85. The summed E-state index contributed by atoms with van der Waals surface area (Å²) in [5.41, 5.74) is 1.06. The van der Waals surface area contributed by atoms with Crippen LogP contribution in [0, 0.1) is 0 Å². The molecule has 1 heterocycles. The summed E-state index contributed by atoms with van der Waals surface area (Å²) in [6.07, 6.45) is 0. The second-order valence-electron chi connectivity index (χ2n) is 6.85. The van der Waals surface area contributed by atoms with Crippen LogP contribution in [-0.2, 0) is 10.5 Å². The van der Waals surface area contributed by atoms with Crippen LogP contribution in [0.4, 0.5) is 5.69 Å². The number of aromatic nitrogens is 1. The Kier molecular flexibility index (Phi) is 5.08. The Morgan fingerprint density at radius 3 is 2.40 bits per heavy atom. The predicted molar refractivity (Wildman–Crippen MR) is 116 cm³/mol. The molecular formula is C24H20N2O4. The molecule has 0 aliphatic rings. The van der Waals surface area contributed by atoms with E-state index in [9.17, 15) is 14.7 Å². The van der Waals surface area contributed by atoms with Gasteiger partial charge in [-0.05, 0) is 35.7 Å². The number of carbonyl (C=O) groups is 1. The number of methoxy groups -OCH3 is 1. The van der Waals surface area contributed by atoms with Gasteiger partial charge in [0.2, 0.25) is 5.56 Å². The number of ether oxygens (including phenoxy) is 1. The van der Waals surface area contributed by atoms with Crippen LogP contribution in [0.5, 0.6) is 0 Å². The number of aromatic carboxylic acids is 1. The predicted octanol–water partition coefficient (Wildman–Crippen LogP) is 4.19. The van der Waals surface area contributed by atoms with Crippen LogP contribution in [0.25, 0.3) is 10.9 Å². The van der Waals surface area contributed by atoms with Gasteiger partial charge in [0.15, 0.2) is 5.72 Å². The molecule has 4 rings (SSSR count). The Balaban J connectivity index is 2.00. The van der Waals surface area contributed by atoms with E-state index in [0.717, 1.165) is 11.1 Å². The molecule has 0 spiro atoms. The van der Waals surface area contributed by atoms with E-state index in [1.807, 2.05) is 42.5 Å². The lowest BCUT2D eigenvalue weighted by atomic mass is 9.89. The second-order valence-corrected chi connectivity index (χ2v) is 6.85. The number of carboxylic acid groups (broad SMARTS) is 1. The molecule has 1 aromatic heterocycles. The molecule has 6 heteroatoms. The highest BCUT2D eigenvalue weighted by Gasteiger charge is 2.38. The minimum atomic E-state index is -1.31. The molecule has 1 unspecified atom stereocenters. The Morgan fingerprint density at radius 1 is 0.967 bits per heavy atom. The molecule has 6 nitrogen and oxygen atoms in total. The fourth-order valence-corrected chi connectivity index (χ4v) is 3.64. The monoisotopic (exact) mass is 400 g/mol. The molecule has 0 aliphatic heterocycles. The van der Waals surface area contributed by atoms with Gasteiger partial charge in [-0.15, -0.1) is 0 Å². The molecule has 0 fully saturated rings.